The minimum Gasteiger partial charge on any atom is -0.378 e. The molecule has 0 aliphatic carbocycles. The number of rotatable bonds is 3. The largest absolute Gasteiger partial charge is 0.378 e. The summed E-state index contributed by atoms with van der Waals surface area (Å²) in [6, 6.07) is 7.71. The maximum absolute atomic E-state index is 12.2. The van der Waals surface area contributed by atoms with E-state index in [2.05, 4.69) is 20.8 Å². The zero-order chi connectivity index (χ0) is 13.9. The van der Waals surface area contributed by atoms with Crippen LogP contribution in [0.15, 0.2) is 24.3 Å². The van der Waals surface area contributed by atoms with Gasteiger partial charge in [-0.05, 0) is 29.7 Å². The summed E-state index contributed by atoms with van der Waals surface area (Å²) < 4.78 is 0. The first-order valence-corrected chi connectivity index (χ1v) is 6.23. The molecule has 1 amide bonds. The number of hydrogen-bond acceptors (Lipinski definition) is 2. The SMILES string of the molecule is CN(CC(C)(C)C)C(=O)c1ccc(N(C)C)cc1. The van der Waals surface area contributed by atoms with E-state index in [1.165, 1.54) is 0 Å². The fourth-order valence-corrected chi connectivity index (χ4v) is 1.91. The Bertz CT molecular complexity index is 401. The van der Waals surface area contributed by atoms with Crippen LogP contribution in [0.5, 0.6) is 0 Å². The zero-order valence-corrected chi connectivity index (χ0v) is 12.3. The summed E-state index contributed by atoms with van der Waals surface area (Å²) in [7, 11) is 5.83. The van der Waals surface area contributed by atoms with Crippen LogP contribution in [0.1, 0.15) is 31.1 Å². The molecule has 100 valence electrons. The van der Waals surface area contributed by atoms with Gasteiger partial charge in [0.1, 0.15) is 0 Å². The number of nitrogens with zero attached hydrogens (tertiary/aromatic N) is 2. The van der Waals surface area contributed by atoms with Crippen LogP contribution in [-0.2, 0) is 0 Å². The molecular formula is C15H24N2O. The monoisotopic (exact) mass is 248 g/mol. The van der Waals surface area contributed by atoms with Crippen molar-refractivity contribution < 1.29 is 4.79 Å². The zero-order valence-electron chi connectivity index (χ0n) is 12.3. The van der Waals surface area contributed by atoms with Crippen molar-refractivity contribution in [3.8, 4) is 0 Å². The second-order valence-corrected chi connectivity index (χ2v) is 6.16. The van der Waals surface area contributed by atoms with Crippen LogP contribution < -0.4 is 4.90 Å². The lowest BCUT2D eigenvalue weighted by Crippen LogP contribution is -2.34. The predicted molar refractivity (Wildman–Crippen MR) is 77.2 cm³/mol. The summed E-state index contributed by atoms with van der Waals surface area (Å²) in [5.74, 6) is 0.0789. The Morgan fingerprint density at radius 3 is 1.94 bits per heavy atom. The van der Waals surface area contributed by atoms with Gasteiger partial charge in [-0.15, -0.1) is 0 Å². The normalized spacial score (nSPS) is 11.2. The highest BCUT2D eigenvalue weighted by molar-refractivity contribution is 5.94. The molecule has 0 saturated heterocycles. The van der Waals surface area contributed by atoms with Gasteiger partial charge < -0.3 is 9.80 Å². The molecule has 3 heteroatoms. The van der Waals surface area contributed by atoms with Gasteiger partial charge >= 0.3 is 0 Å². The van der Waals surface area contributed by atoms with Gasteiger partial charge in [-0.1, -0.05) is 20.8 Å². The first-order chi connectivity index (χ1) is 8.20. The summed E-state index contributed by atoms with van der Waals surface area (Å²) in [5, 5.41) is 0. The molecule has 0 bridgehead atoms. The fourth-order valence-electron chi connectivity index (χ4n) is 1.91. The summed E-state index contributed by atoms with van der Waals surface area (Å²) in [6.45, 7) is 7.14. The van der Waals surface area contributed by atoms with Crippen LogP contribution in [-0.4, -0.2) is 38.5 Å². The van der Waals surface area contributed by atoms with Gasteiger partial charge in [-0.2, -0.15) is 0 Å². The van der Waals surface area contributed by atoms with Crippen LogP contribution in [0.25, 0.3) is 0 Å². The third-order valence-electron chi connectivity index (χ3n) is 2.69. The van der Waals surface area contributed by atoms with Gasteiger partial charge in [0.2, 0.25) is 0 Å². The van der Waals surface area contributed by atoms with Crippen molar-refractivity contribution >= 4 is 11.6 Å². The number of anilines is 1. The molecule has 0 atom stereocenters. The van der Waals surface area contributed by atoms with E-state index in [-0.39, 0.29) is 11.3 Å². The number of carbonyl (C=O) groups is 1. The van der Waals surface area contributed by atoms with Crippen molar-refractivity contribution in [1.29, 1.82) is 0 Å². The minimum absolute atomic E-state index is 0.0789. The first-order valence-electron chi connectivity index (χ1n) is 6.23. The van der Waals surface area contributed by atoms with Gasteiger partial charge in [-0.3, -0.25) is 4.79 Å². The third kappa shape index (κ3) is 4.06. The average Bonchev–Trinajstić information content (AvgIpc) is 2.26. The van der Waals surface area contributed by atoms with Crippen LogP contribution in [0, 0.1) is 5.41 Å². The number of carbonyl (C=O) groups excluding carboxylic acids is 1. The van der Waals surface area contributed by atoms with Gasteiger partial charge in [-0.25, -0.2) is 0 Å². The number of benzene rings is 1. The molecule has 1 rings (SSSR count). The highest BCUT2D eigenvalue weighted by Crippen LogP contribution is 2.17. The third-order valence-corrected chi connectivity index (χ3v) is 2.69. The van der Waals surface area contributed by atoms with Crippen molar-refractivity contribution in [3.63, 3.8) is 0 Å². The molecule has 0 N–H and O–H groups in total. The smallest absolute Gasteiger partial charge is 0.253 e. The van der Waals surface area contributed by atoms with Crippen molar-refractivity contribution in [2.45, 2.75) is 20.8 Å². The van der Waals surface area contributed by atoms with Crippen molar-refractivity contribution in [1.82, 2.24) is 4.90 Å². The fraction of sp³-hybridized carbons (Fsp3) is 0.533. The van der Waals surface area contributed by atoms with E-state index in [0.717, 1.165) is 17.8 Å². The van der Waals surface area contributed by atoms with Crippen molar-refractivity contribution in [2.24, 2.45) is 5.41 Å². The Morgan fingerprint density at radius 2 is 1.56 bits per heavy atom. The van der Waals surface area contributed by atoms with Crippen LogP contribution >= 0.6 is 0 Å². The van der Waals surface area contributed by atoms with E-state index in [4.69, 9.17) is 0 Å². The Balaban J connectivity index is 2.78. The highest BCUT2D eigenvalue weighted by Gasteiger charge is 2.18. The van der Waals surface area contributed by atoms with Gasteiger partial charge in [0.15, 0.2) is 0 Å². The Hall–Kier alpha value is -1.51. The Morgan fingerprint density at radius 1 is 1.06 bits per heavy atom. The average molecular weight is 248 g/mol. The van der Waals surface area contributed by atoms with Crippen LogP contribution in [0.3, 0.4) is 0 Å². The maximum atomic E-state index is 12.2. The van der Waals surface area contributed by atoms with Crippen molar-refractivity contribution in [3.05, 3.63) is 29.8 Å². The van der Waals surface area contributed by atoms with Crippen molar-refractivity contribution in [2.75, 3.05) is 32.6 Å². The minimum atomic E-state index is 0.0789. The van der Waals surface area contributed by atoms with Gasteiger partial charge in [0, 0.05) is 38.9 Å². The van der Waals surface area contributed by atoms with Gasteiger partial charge in [0.25, 0.3) is 5.91 Å². The molecule has 0 spiro atoms. The second-order valence-electron chi connectivity index (χ2n) is 6.16. The predicted octanol–water partition coefficient (Wildman–Crippen LogP) is 2.87. The Kier molecular flexibility index (Phi) is 4.38. The molecule has 0 aromatic heterocycles. The summed E-state index contributed by atoms with van der Waals surface area (Å²) in [5.41, 5.74) is 1.96. The number of amides is 1. The molecule has 18 heavy (non-hydrogen) atoms. The molecule has 3 nitrogen and oxygen atoms in total. The Labute approximate surface area is 110 Å². The number of hydrogen-bond donors (Lipinski definition) is 0. The van der Waals surface area contributed by atoms with E-state index in [1.807, 2.05) is 50.3 Å². The van der Waals surface area contributed by atoms with Gasteiger partial charge in [0.05, 0.1) is 0 Å². The molecule has 0 unspecified atom stereocenters. The molecule has 0 aliphatic rings. The second kappa shape index (κ2) is 5.42. The quantitative estimate of drug-likeness (QED) is 0.821. The van der Waals surface area contributed by atoms with E-state index in [0.29, 0.717) is 0 Å². The maximum Gasteiger partial charge on any atom is 0.253 e. The molecule has 1 aromatic carbocycles. The van der Waals surface area contributed by atoms with E-state index in [1.54, 1.807) is 4.90 Å². The molecular weight excluding hydrogens is 224 g/mol. The summed E-state index contributed by atoms with van der Waals surface area (Å²) >= 11 is 0. The molecule has 0 heterocycles. The highest BCUT2D eigenvalue weighted by atomic mass is 16.2. The van der Waals surface area contributed by atoms with Crippen LogP contribution in [0.4, 0.5) is 5.69 Å². The molecule has 0 aliphatic heterocycles. The van der Waals surface area contributed by atoms with E-state index < -0.39 is 0 Å². The van der Waals surface area contributed by atoms with E-state index in [9.17, 15) is 4.79 Å². The summed E-state index contributed by atoms with van der Waals surface area (Å²) in [6.07, 6.45) is 0. The molecule has 0 radical (unpaired) electrons. The lowest BCUT2D eigenvalue weighted by Gasteiger charge is -2.26. The first kappa shape index (κ1) is 14.6. The lowest BCUT2D eigenvalue weighted by atomic mass is 9.96. The lowest BCUT2D eigenvalue weighted by molar-refractivity contribution is 0.0745. The molecule has 1 aromatic rings. The summed E-state index contributed by atoms with van der Waals surface area (Å²) in [4.78, 5) is 16.0. The molecule has 0 saturated carbocycles. The van der Waals surface area contributed by atoms with E-state index >= 15 is 0 Å². The van der Waals surface area contributed by atoms with Crippen LogP contribution in [0.2, 0.25) is 0 Å². The topological polar surface area (TPSA) is 23.6 Å². The molecule has 0 fully saturated rings. The standard InChI is InChI=1S/C15H24N2O/c1-15(2,3)11-17(6)14(18)12-7-9-13(10-8-12)16(4)5/h7-10H,11H2,1-6H3.